The van der Waals surface area contributed by atoms with Gasteiger partial charge in [-0.25, -0.2) is 15.0 Å². The van der Waals surface area contributed by atoms with Crippen LogP contribution in [0, 0.1) is 11.3 Å². The van der Waals surface area contributed by atoms with Crippen LogP contribution in [-0.4, -0.2) is 70.7 Å². The van der Waals surface area contributed by atoms with Crippen molar-refractivity contribution in [1.29, 1.82) is 5.26 Å². The standard InChI is InChI=1S/C26H27N3O3.C26H25N3O2.C25H26N2O2/c1-16(2)31-21-10-5-18(6-11-21)20-9-14-23-28-24(26(27)30)25(29(23)15-20)19-7-12-22(13-8-19)32-17(3)4;1-17(2)30-22-10-5-19(6-11-22)21-9-14-25-28-24(15-27)26(29(25)16-21)20-7-12-23(13-8-20)31-18(3)4;1-17(2)28-23-11-6-19(7-12-23)21-5-10-22-15-26-25(27(22)16-21)20-8-13-24(14-9-20)29-18(3)4/h5-17H,1-4H3,(H2,27,30);5-14,16-18H,1-4H3;5-18H,1-4H3. The zero-order valence-electron chi connectivity index (χ0n) is 54.2. The molecule has 468 valence electrons. The molecule has 0 bridgehead atoms. The van der Waals surface area contributed by atoms with Gasteiger partial charge in [0.2, 0.25) is 0 Å². The number of ether oxygens (including phenoxy) is 6. The predicted octanol–water partition coefficient (Wildman–Crippen LogP) is 17.7. The van der Waals surface area contributed by atoms with E-state index in [9.17, 15) is 10.1 Å². The maximum atomic E-state index is 12.2. The van der Waals surface area contributed by atoms with Crippen molar-refractivity contribution in [2.24, 2.45) is 5.73 Å². The molecule has 15 heteroatoms. The number of primary amides is 1. The maximum Gasteiger partial charge on any atom is 0.269 e. The second-order valence-electron chi connectivity index (χ2n) is 23.8. The topological polar surface area (TPSA) is 174 Å². The summed E-state index contributed by atoms with van der Waals surface area (Å²) in [5, 5.41) is 9.68. The van der Waals surface area contributed by atoms with Crippen molar-refractivity contribution < 1.29 is 33.2 Å². The molecule has 0 saturated heterocycles. The monoisotopic (exact) mass is 1230 g/mol. The summed E-state index contributed by atoms with van der Waals surface area (Å²) >= 11 is 0. The van der Waals surface area contributed by atoms with E-state index in [-0.39, 0.29) is 42.3 Å². The van der Waals surface area contributed by atoms with Gasteiger partial charge >= 0.3 is 0 Å². The van der Waals surface area contributed by atoms with Crippen LogP contribution in [-0.2, 0) is 0 Å². The minimum atomic E-state index is -0.567. The van der Waals surface area contributed by atoms with Crippen LogP contribution in [0.15, 0.2) is 207 Å². The van der Waals surface area contributed by atoms with Gasteiger partial charge in [0.1, 0.15) is 57.7 Å². The summed E-state index contributed by atoms with van der Waals surface area (Å²) in [6.07, 6.45) is 8.81. The number of carbonyl (C=O) groups is 1. The fourth-order valence-electron chi connectivity index (χ4n) is 10.5. The van der Waals surface area contributed by atoms with E-state index in [1.807, 2.05) is 256 Å². The lowest BCUT2D eigenvalue weighted by Gasteiger charge is -2.11. The Balaban J connectivity index is 0.000000151. The Morgan fingerprint density at radius 3 is 1.01 bits per heavy atom. The normalized spacial score (nSPS) is 11.3. The van der Waals surface area contributed by atoms with Crippen molar-refractivity contribution in [2.75, 3.05) is 0 Å². The number of nitriles is 1. The Labute approximate surface area is 538 Å². The molecule has 0 saturated carbocycles. The molecule has 0 unspecified atom stereocenters. The molecule has 92 heavy (non-hydrogen) atoms. The van der Waals surface area contributed by atoms with E-state index < -0.39 is 5.91 Å². The Bertz CT molecular complexity index is 4480. The average Bonchev–Trinajstić information content (AvgIpc) is 1.73. The first-order valence-corrected chi connectivity index (χ1v) is 31.1. The highest BCUT2D eigenvalue weighted by Gasteiger charge is 2.20. The van der Waals surface area contributed by atoms with E-state index in [2.05, 4.69) is 68.0 Å². The van der Waals surface area contributed by atoms with Crippen LogP contribution in [0.4, 0.5) is 0 Å². The Morgan fingerprint density at radius 1 is 0.370 bits per heavy atom. The lowest BCUT2D eigenvalue weighted by molar-refractivity contribution is 0.0996. The molecule has 0 atom stereocenters. The van der Waals surface area contributed by atoms with Crippen LogP contribution in [0.5, 0.6) is 34.5 Å². The van der Waals surface area contributed by atoms with Crippen molar-refractivity contribution in [3.8, 4) is 108 Å². The first-order valence-electron chi connectivity index (χ1n) is 31.1. The molecule has 0 aliphatic carbocycles. The van der Waals surface area contributed by atoms with Crippen molar-refractivity contribution in [3.63, 3.8) is 0 Å². The summed E-state index contributed by atoms with van der Waals surface area (Å²) in [6, 6.07) is 61.9. The number of carbonyl (C=O) groups excluding carboxylic acids is 1. The second-order valence-corrected chi connectivity index (χ2v) is 23.8. The number of hydrogen-bond acceptors (Lipinski definition) is 11. The molecular weight excluding hydrogens is 1150 g/mol. The lowest BCUT2D eigenvalue weighted by Crippen LogP contribution is -2.13. The zero-order chi connectivity index (χ0) is 65.2. The third kappa shape index (κ3) is 15.8. The number of fused-ring (bicyclic) bond motifs is 3. The quantitative estimate of drug-likeness (QED) is 0.0816. The number of amides is 1. The van der Waals surface area contributed by atoms with Crippen LogP contribution in [0.3, 0.4) is 0 Å². The summed E-state index contributed by atoms with van der Waals surface area (Å²) in [5.74, 6) is 5.34. The minimum absolute atomic E-state index is 0.0812. The van der Waals surface area contributed by atoms with Gasteiger partial charge in [-0.2, -0.15) is 5.26 Å². The number of pyridine rings is 3. The fraction of sp³-hybridized carbons (Fsp3) is 0.234. The van der Waals surface area contributed by atoms with E-state index in [1.165, 1.54) is 0 Å². The van der Waals surface area contributed by atoms with Gasteiger partial charge in [-0.05, 0) is 256 Å². The van der Waals surface area contributed by atoms with Gasteiger partial charge in [-0.1, -0.05) is 42.5 Å². The zero-order valence-corrected chi connectivity index (χ0v) is 54.2. The highest BCUT2D eigenvalue weighted by atomic mass is 16.5. The molecule has 2 N–H and O–H groups in total. The molecule has 1 amide bonds. The number of benzene rings is 6. The van der Waals surface area contributed by atoms with Gasteiger partial charge in [0.05, 0.1) is 59.7 Å². The lowest BCUT2D eigenvalue weighted by atomic mass is 10.1. The first kappa shape index (κ1) is 64.1. The molecule has 0 fully saturated rings. The summed E-state index contributed by atoms with van der Waals surface area (Å²) in [4.78, 5) is 25.8. The molecule has 12 aromatic rings. The van der Waals surface area contributed by atoms with E-state index in [4.69, 9.17) is 34.2 Å². The number of nitrogens with zero attached hydrogens (tertiary/aromatic N) is 7. The Morgan fingerprint density at radius 2 is 0.663 bits per heavy atom. The van der Waals surface area contributed by atoms with Crippen molar-refractivity contribution >= 4 is 22.7 Å². The third-order valence-electron chi connectivity index (χ3n) is 14.3. The smallest absolute Gasteiger partial charge is 0.269 e. The van der Waals surface area contributed by atoms with Crippen LogP contribution in [0.1, 0.15) is 99.3 Å². The molecule has 6 aromatic carbocycles. The molecule has 6 heterocycles. The van der Waals surface area contributed by atoms with E-state index >= 15 is 0 Å². The minimum Gasteiger partial charge on any atom is -0.491 e. The van der Waals surface area contributed by atoms with Gasteiger partial charge in [0, 0.05) is 35.3 Å². The highest BCUT2D eigenvalue weighted by Crippen LogP contribution is 2.34. The Hall–Kier alpha value is -10.9. The van der Waals surface area contributed by atoms with E-state index in [0.717, 1.165) is 107 Å². The van der Waals surface area contributed by atoms with Gasteiger partial charge in [-0.15, -0.1) is 0 Å². The number of hydrogen-bond donors (Lipinski definition) is 1. The second kappa shape index (κ2) is 28.8. The SMILES string of the molecule is CC(C)Oc1ccc(-c2ccc3cnc(-c4ccc(OC(C)C)cc4)n3c2)cc1.CC(C)Oc1ccc(-c2ccc3nc(C#N)c(-c4ccc(OC(C)C)cc4)n3c2)cc1.CC(C)Oc1ccc(-c2ccc3nc(C(N)=O)c(-c4ccc(OC(C)C)cc4)n3c2)cc1. The first-order chi connectivity index (χ1) is 44.2. The number of aromatic nitrogens is 6. The summed E-state index contributed by atoms with van der Waals surface area (Å²) < 4.78 is 40.5. The fourth-order valence-corrected chi connectivity index (χ4v) is 10.5. The molecule has 0 spiro atoms. The van der Waals surface area contributed by atoms with Crippen molar-refractivity contribution in [1.82, 2.24) is 28.2 Å². The number of rotatable bonds is 19. The Kier molecular flexibility index (Phi) is 20.0. The molecule has 0 aliphatic heterocycles. The van der Waals surface area contributed by atoms with Crippen molar-refractivity contribution in [3.05, 3.63) is 218 Å². The highest BCUT2D eigenvalue weighted by molar-refractivity contribution is 5.98. The molecule has 0 aliphatic rings. The van der Waals surface area contributed by atoms with E-state index in [0.29, 0.717) is 17.0 Å². The summed E-state index contributed by atoms with van der Waals surface area (Å²) in [7, 11) is 0. The number of nitrogens with two attached hydrogens (primary N) is 1. The number of imidazole rings is 3. The molecule has 12 rings (SSSR count). The predicted molar refractivity (Wildman–Crippen MR) is 366 cm³/mol. The average molecular weight is 1230 g/mol. The summed E-state index contributed by atoms with van der Waals surface area (Å²) in [5.41, 5.74) is 19.4. The summed E-state index contributed by atoms with van der Waals surface area (Å²) in [6.45, 7) is 24.1. The van der Waals surface area contributed by atoms with E-state index in [1.54, 1.807) is 0 Å². The van der Waals surface area contributed by atoms with Gasteiger partial charge in [0.15, 0.2) is 11.4 Å². The maximum absolute atomic E-state index is 12.2. The van der Waals surface area contributed by atoms with Crippen LogP contribution >= 0.6 is 0 Å². The van der Waals surface area contributed by atoms with Gasteiger partial charge in [-0.3, -0.25) is 18.0 Å². The van der Waals surface area contributed by atoms with Crippen LogP contribution < -0.4 is 34.2 Å². The van der Waals surface area contributed by atoms with Crippen LogP contribution in [0.2, 0.25) is 0 Å². The van der Waals surface area contributed by atoms with Crippen LogP contribution in [0.25, 0.3) is 84.1 Å². The molecule has 15 nitrogen and oxygen atoms in total. The molecule has 6 aromatic heterocycles. The van der Waals surface area contributed by atoms with Gasteiger partial charge in [0.25, 0.3) is 5.91 Å². The van der Waals surface area contributed by atoms with Crippen molar-refractivity contribution in [2.45, 2.75) is 120 Å². The largest absolute Gasteiger partial charge is 0.491 e. The molecular formula is C77H78N8O7. The molecule has 0 radical (unpaired) electrons. The third-order valence-corrected chi connectivity index (χ3v) is 14.3. The van der Waals surface area contributed by atoms with Gasteiger partial charge < -0.3 is 34.2 Å².